The maximum atomic E-state index is 12.7. The van der Waals surface area contributed by atoms with Crippen LogP contribution in [0.15, 0.2) is 23.1 Å². The molecule has 1 atom stereocenters. The van der Waals surface area contributed by atoms with Crippen LogP contribution in [0.25, 0.3) is 0 Å². The zero-order chi connectivity index (χ0) is 18.5. The minimum absolute atomic E-state index is 0.121. The number of morpholine rings is 1. The Morgan fingerprint density at radius 1 is 1.42 bits per heavy atom. The molecule has 1 aliphatic rings. The lowest BCUT2D eigenvalue weighted by molar-refractivity contribution is -0.123. The number of aryl methyl sites for hydroxylation is 2. The van der Waals surface area contributed by atoms with Crippen LogP contribution in [-0.4, -0.2) is 63.8 Å². The SMILES string of the molecule is Cc1occc1C(=O)N1CCOC[C@@H]1CC(=O)NCCc1ncnn1C. The van der Waals surface area contributed by atoms with Crippen LogP contribution in [0.4, 0.5) is 0 Å². The van der Waals surface area contributed by atoms with E-state index in [1.54, 1.807) is 22.6 Å². The highest BCUT2D eigenvalue weighted by Gasteiger charge is 2.31. The zero-order valence-electron chi connectivity index (χ0n) is 15.0. The van der Waals surface area contributed by atoms with E-state index in [9.17, 15) is 9.59 Å². The number of nitrogens with zero attached hydrogens (tertiary/aromatic N) is 4. The highest BCUT2D eigenvalue weighted by molar-refractivity contribution is 5.95. The number of carbonyl (C=O) groups excluding carboxylic acids is 2. The lowest BCUT2D eigenvalue weighted by Crippen LogP contribution is -2.50. The molecule has 0 aromatic carbocycles. The lowest BCUT2D eigenvalue weighted by Gasteiger charge is -2.35. The Balaban J connectivity index is 1.54. The Hall–Kier alpha value is -2.68. The molecule has 0 radical (unpaired) electrons. The van der Waals surface area contributed by atoms with Crippen molar-refractivity contribution >= 4 is 11.8 Å². The van der Waals surface area contributed by atoms with E-state index in [1.807, 2.05) is 7.05 Å². The van der Waals surface area contributed by atoms with Crippen molar-refractivity contribution in [1.82, 2.24) is 25.0 Å². The molecule has 0 spiro atoms. The Labute approximate surface area is 151 Å². The van der Waals surface area contributed by atoms with Gasteiger partial charge in [-0.2, -0.15) is 5.10 Å². The third-order valence-corrected chi connectivity index (χ3v) is 4.47. The van der Waals surface area contributed by atoms with Crippen molar-refractivity contribution in [2.24, 2.45) is 7.05 Å². The summed E-state index contributed by atoms with van der Waals surface area (Å²) >= 11 is 0. The molecule has 1 fully saturated rings. The average molecular weight is 361 g/mol. The van der Waals surface area contributed by atoms with Crippen LogP contribution in [0, 0.1) is 6.92 Å². The van der Waals surface area contributed by atoms with E-state index in [-0.39, 0.29) is 24.3 Å². The van der Waals surface area contributed by atoms with Gasteiger partial charge >= 0.3 is 0 Å². The number of hydrogen-bond acceptors (Lipinski definition) is 6. The van der Waals surface area contributed by atoms with Crippen molar-refractivity contribution in [3.8, 4) is 0 Å². The summed E-state index contributed by atoms with van der Waals surface area (Å²) in [5, 5.41) is 6.86. The minimum atomic E-state index is -0.291. The molecular weight excluding hydrogens is 338 g/mol. The van der Waals surface area contributed by atoms with Gasteiger partial charge in [0.1, 0.15) is 17.9 Å². The average Bonchev–Trinajstić information content (AvgIpc) is 3.23. The number of aromatic nitrogens is 3. The number of amides is 2. The van der Waals surface area contributed by atoms with Crippen LogP contribution in [0.3, 0.4) is 0 Å². The molecule has 0 saturated carbocycles. The highest BCUT2D eigenvalue weighted by atomic mass is 16.5. The zero-order valence-corrected chi connectivity index (χ0v) is 15.0. The van der Waals surface area contributed by atoms with Crippen LogP contribution in [0.2, 0.25) is 0 Å². The summed E-state index contributed by atoms with van der Waals surface area (Å²) in [6.45, 7) is 3.49. The number of furan rings is 1. The van der Waals surface area contributed by atoms with Crippen LogP contribution < -0.4 is 5.32 Å². The summed E-state index contributed by atoms with van der Waals surface area (Å²) < 4.78 is 12.4. The van der Waals surface area contributed by atoms with Gasteiger partial charge in [0.05, 0.1) is 31.1 Å². The predicted molar refractivity (Wildman–Crippen MR) is 91.4 cm³/mol. The molecule has 3 heterocycles. The van der Waals surface area contributed by atoms with Gasteiger partial charge in [0.15, 0.2) is 0 Å². The lowest BCUT2D eigenvalue weighted by atomic mass is 10.1. The van der Waals surface area contributed by atoms with Gasteiger partial charge in [-0.3, -0.25) is 14.3 Å². The maximum absolute atomic E-state index is 12.7. The Morgan fingerprint density at radius 3 is 2.96 bits per heavy atom. The molecule has 26 heavy (non-hydrogen) atoms. The summed E-state index contributed by atoms with van der Waals surface area (Å²) in [7, 11) is 1.81. The summed E-state index contributed by atoms with van der Waals surface area (Å²) in [5.41, 5.74) is 0.527. The quantitative estimate of drug-likeness (QED) is 0.794. The normalized spacial score (nSPS) is 17.3. The van der Waals surface area contributed by atoms with Crippen molar-refractivity contribution in [2.45, 2.75) is 25.8 Å². The van der Waals surface area contributed by atoms with Crippen LogP contribution in [0.1, 0.15) is 28.4 Å². The summed E-state index contributed by atoms with van der Waals surface area (Å²) in [6.07, 6.45) is 3.77. The molecule has 2 aromatic heterocycles. The summed E-state index contributed by atoms with van der Waals surface area (Å²) in [4.78, 5) is 30.8. The molecule has 9 nitrogen and oxygen atoms in total. The maximum Gasteiger partial charge on any atom is 0.257 e. The van der Waals surface area contributed by atoms with Gasteiger partial charge in [-0.25, -0.2) is 4.98 Å². The van der Waals surface area contributed by atoms with E-state index in [0.717, 1.165) is 5.82 Å². The standard InChI is InChI=1S/C17H23N5O4/c1-12-14(4-7-26-12)17(24)22-6-8-25-10-13(22)9-16(23)18-5-3-15-19-11-20-21(15)2/h4,7,11,13H,3,5-6,8-10H2,1-2H3,(H,18,23)/t13-/m0/s1. The Kier molecular flexibility index (Phi) is 5.67. The monoisotopic (exact) mass is 361 g/mol. The van der Waals surface area contributed by atoms with Crippen molar-refractivity contribution in [2.75, 3.05) is 26.3 Å². The fourth-order valence-electron chi connectivity index (χ4n) is 3.00. The van der Waals surface area contributed by atoms with Crippen molar-refractivity contribution < 1.29 is 18.7 Å². The highest BCUT2D eigenvalue weighted by Crippen LogP contribution is 2.18. The number of hydrogen-bond donors (Lipinski definition) is 1. The van der Waals surface area contributed by atoms with Gasteiger partial charge in [0.2, 0.25) is 5.91 Å². The number of nitrogens with one attached hydrogen (secondary N) is 1. The van der Waals surface area contributed by atoms with Crippen LogP contribution >= 0.6 is 0 Å². The molecule has 3 rings (SSSR count). The smallest absolute Gasteiger partial charge is 0.257 e. The van der Waals surface area contributed by atoms with Gasteiger partial charge in [-0.15, -0.1) is 0 Å². The third kappa shape index (κ3) is 4.10. The van der Waals surface area contributed by atoms with Crippen molar-refractivity contribution in [3.63, 3.8) is 0 Å². The molecule has 1 saturated heterocycles. The Morgan fingerprint density at radius 2 is 2.27 bits per heavy atom. The molecule has 9 heteroatoms. The van der Waals surface area contributed by atoms with Crippen molar-refractivity contribution in [3.05, 3.63) is 35.8 Å². The predicted octanol–water partition coefficient (Wildman–Crippen LogP) is 0.307. The summed E-state index contributed by atoms with van der Waals surface area (Å²) in [6, 6.07) is 1.37. The first-order valence-corrected chi connectivity index (χ1v) is 8.58. The van der Waals surface area contributed by atoms with Crippen LogP contribution in [-0.2, 0) is 23.0 Å². The number of ether oxygens (including phenoxy) is 1. The summed E-state index contributed by atoms with van der Waals surface area (Å²) in [5.74, 6) is 1.13. The van der Waals surface area contributed by atoms with E-state index in [1.165, 1.54) is 12.6 Å². The fraction of sp³-hybridized carbons (Fsp3) is 0.529. The molecule has 0 bridgehead atoms. The molecular formula is C17H23N5O4. The van der Waals surface area contributed by atoms with Gasteiger partial charge in [-0.1, -0.05) is 0 Å². The molecule has 140 valence electrons. The van der Waals surface area contributed by atoms with E-state index in [0.29, 0.717) is 44.0 Å². The second-order valence-electron chi connectivity index (χ2n) is 6.22. The largest absolute Gasteiger partial charge is 0.469 e. The second-order valence-corrected chi connectivity index (χ2v) is 6.22. The molecule has 0 aliphatic carbocycles. The van der Waals surface area contributed by atoms with Gasteiger partial charge in [-0.05, 0) is 13.0 Å². The first kappa shape index (κ1) is 18.1. The Bertz CT molecular complexity index is 769. The van der Waals surface area contributed by atoms with Gasteiger partial charge in [0, 0.05) is 33.0 Å². The van der Waals surface area contributed by atoms with E-state index >= 15 is 0 Å². The van der Waals surface area contributed by atoms with E-state index in [2.05, 4.69) is 15.4 Å². The third-order valence-electron chi connectivity index (χ3n) is 4.47. The van der Waals surface area contributed by atoms with Crippen molar-refractivity contribution in [1.29, 1.82) is 0 Å². The molecule has 2 amide bonds. The van der Waals surface area contributed by atoms with Crippen LogP contribution in [0.5, 0.6) is 0 Å². The number of rotatable bonds is 6. The topological polar surface area (TPSA) is 102 Å². The first-order chi connectivity index (χ1) is 12.6. The van der Waals surface area contributed by atoms with E-state index < -0.39 is 0 Å². The molecule has 2 aromatic rings. The number of carbonyl (C=O) groups is 2. The second kappa shape index (κ2) is 8.13. The van der Waals surface area contributed by atoms with Gasteiger partial charge in [0.25, 0.3) is 5.91 Å². The molecule has 1 aliphatic heterocycles. The molecule has 1 N–H and O–H groups in total. The molecule has 0 unspecified atom stereocenters. The minimum Gasteiger partial charge on any atom is -0.469 e. The van der Waals surface area contributed by atoms with Gasteiger partial charge < -0.3 is 19.4 Å². The van der Waals surface area contributed by atoms with E-state index in [4.69, 9.17) is 9.15 Å². The fourth-order valence-corrected chi connectivity index (χ4v) is 3.00. The first-order valence-electron chi connectivity index (χ1n) is 8.58.